The molecule has 0 radical (unpaired) electrons. The maximum Gasteiger partial charge on any atom is 0.315 e. The molecule has 2 amide bonds. The molecule has 7 heteroatoms. The van der Waals surface area contributed by atoms with Crippen molar-refractivity contribution in [3.05, 3.63) is 30.3 Å². The predicted octanol–water partition coefficient (Wildman–Crippen LogP) is 1.55. The number of urea groups is 1. The van der Waals surface area contributed by atoms with Gasteiger partial charge < -0.3 is 10.6 Å². The van der Waals surface area contributed by atoms with E-state index >= 15 is 0 Å². The lowest BCUT2D eigenvalue weighted by Gasteiger charge is -2.19. The Hall–Kier alpha value is -1.76. The molecule has 0 aliphatic heterocycles. The van der Waals surface area contributed by atoms with Gasteiger partial charge in [0.05, 0.1) is 11.4 Å². The summed E-state index contributed by atoms with van der Waals surface area (Å²) in [5.74, 6) is -0.147. The Morgan fingerprint density at radius 2 is 1.90 bits per heavy atom. The van der Waals surface area contributed by atoms with Gasteiger partial charge in [-0.2, -0.15) is 0 Å². The highest BCUT2D eigenvalue weighted by Crippen LogP contribution is 2.14. The van der Waals surface area contributed by atoms with E-state index < -0.39 is 10.0 Å². The molecular formula is C14H23N3O3S. The third kappa shape index (κ3) is 5.63. The number of nitrogens with one attached hydrogen (secondary N) is 2. The summed E-state index contributed by atoms with van der Waals surface area (Å²) >= 11 is 0. The summed E-state index contributed by atoms with van der Waals surface area (Å²) in [5, 5.41) is 5.27. The van der Waals surface area contributed by atoms with Crippen molar-refractivity contribution in [2.75, 3.05) is 23.7 Å². The minimum atomic E-state index is -3.45. The number of para-hydroxylation sites is 1. The Morgan fingerprint density at radius 3 is 2.48 bits per heavy atom. The zero-order valence-electron chi connectivity index (χ0n) is 12.7. The minimum absolute atomic E-state index is 0.0635. The molecule has 118 valence electrons. The molecule has 0 spiro atoms. The van der Waals surface area contributed by atoms with E-state index in [0.717, 1.165) is 6.42 Å². The molecule has 1 unspecified atom stereocenters. The van der Waals surface area contributed by atoms with Crippen molar-refractivity contribution in [2.24, 2.45) is 0 Å². The number of amides is 2. The van der Waals surface area contributed by atoms with E-state index in [-0.39, 0.29) is 24.4 Å². The average Bonchev–Trinajstić information content (AvgIpc) is 2.46. The van der Waals surface area contributed by atoms with Crippen LogP contribution in [0.2, 0.25) is 0 Å². The first-order chi connectivity index (χ1) is 9.86. The van der Waals surface area contributed by atoms with Gasteiger partial charge in [-0.05, 0) is 25.5 Å². The lowest BCUT2D eigenvalue weighted by Crippen LogP contribution is -2.43. The summed E-state index contributed by atoms with van der Waals surface area (Å²) in [5.41, 5.74) is 0.599. The van der Waals surface area contributed by atoms with Crippen LogP contribution in [0.1, 0.15) is 20.3 Å². The standard InChI is InChI=1S/C14H23N3O3S/c1-4-12(2)16-14(18)15-10-11-21(19,20)17(3)13-8-6-5-7-9-13/h5-9,12H,4,10-11H2,1-3H3,(H2,15,16,18). The van der Waals surface area contributed by atoms with Gasteiger partial charge in [0.2, 0.25) is 10.0 Å². The highest BCUT2D eigenvalue weighted by Gasteiger charge is 2.18. The Morgan fingerprint density at radius 1 is 1.29 bits per heavy atom. The maximum absolute atomic E-state index is 12.1. The number of carbonyl (C=O) groups is 1. The van der Waals surface area contributed by atoms with E-state index in [1.54, 1.807) is 24.3 Å². The molecule has 0 saturated heterocycles. The summed E-state index contributed by atoms with van der Waals surface area (Å²) in [6.07, 6.45) is 0.822. The molecule has 1 atom stereocenters. The van der Waals surface area contributed by atoms with Crippen molar-refractivity contribution >= 4 is 21.7 Å². The number of nitrogens with zero attached hydrogens (tertiary/aromatic N) is 1. The van der Waals surface area contributed by atoms with Crippen molar-refractivity contribution in [2.45, 2.75) is 26.3 Å². The van der Waals surface area contributed by atoms with Crippen LogP contribution in [-0.4, -0.2) is 39.8 Å². The monoisotopic (exact) mass is 313 g/mol. The van der Waals surface area contributed by atoms with Crippen LogP contribution in [0.25, 0.3) is 0 Å². The number of carbonyl (C=O) groups excluding carboxylic acids is 1. The normalized spacial score (nSPS) is 12.5. The van der Waals surface area contributed by atoms with Crippen molar-refractivity contribution < 1.29 is 13.2 Å². The molecule has 0 saturated carbocycles. The van der Waals surface area contributed by atoms with Gasteiger partial charge in [-0.3, -0.25) is 4.31 Å². The van der Waals surface area contributed by atoms with Gasteiger partial charge in [-0.15, -0.1) is 0 Å². The van der Waals surface area contributed by atoms with Crippen molar-refractivity contribution in [3.8, 4) is 0 Å². The smallest absolute Gasteiger partial charge is 0.315 e. The van der Waals surface area contributed by atoms with Gasteiger partial charge in [0, 0.05) is 19.6 Å². The van der Waals surface area contributed by atoms with Gasteiger partial charge in [0.25, 0.3) is 0 Å². The molecule has 0 aliphatic rings. The van der Waals surface area contributed by atoms with E-state index in [1.807, 2.05) is 19.9 Å². The molecule has 0 aliphatic carbocycles. The number of anilines is 1. The molecule has 6 nitrogen and oxygen atoms in total. The molecule has 0 fully saturated rings. The van der Waals surface area contributed by atoms with E-state index in [0.29, 0.717) is 5.69 Å². The number of hydrogen-bond acceptors (Lipinski definition) is 3. The molecule has 1 aromatic carbocycles. The first-order valence-electron chi connectivity index (χ1n) is 6.93. The van der Waals surface area contributed by atoms with Crippen LogP contribution in [0.4, 0.5) is 10.5 Å². The molecule has 0 bridgehead atoms. The Labute approximate surface area is 126 Å². The van der Waals surface area contributed by atoms with Crippen molar-refractivity contribution in [3.63, 3.8) is 0 Å². The highest BCUT2D eigenvalue weighted by atomic mass is 32.2. The third-order valence-corrected chi connectivity index (χ3v) is 4.94. The summed E-state index contributed by atoms with van der Waals surface area (Å²) in [6.45, 7) is 3.92. The topological polar surface area (TPSA) is 78.5 Å². The fourth-order valence-corrected chi connectivity index (χ4v) is 2.68. The summed E-state index contributed by atoms with van der Waals surface area (Å²) in [7, 11) is -1.95. The SMILES string of the molecule is CCC(C)NC(=O)NCCS(=O)(=O)N(C)c1ccccc1. The second-order valence-electron chi connectivity index (χ2n) is 4.83. The lowest BCUT2D eigenvalue weighted by molar-refractivity contribution is 0.238. The zero-order valence-corrected chi connectivity index (χ0v) is 13.5. The second kappa shape index (κ2) is 7.87. The predicted molar refractivity (Wildman–Crippen MR) is 84.9 cm³/mol. The third-order valence-electron chi connectivity index (χ3n) is 3.17. The molecule has 0 heterocycles. The van der Waals surface area contributed by atoms with Gasteiger partial charge >= 0.3 is 6.03 Å². The van der Waals surface area contributed by atoms with Gasteiger partial charge in [-0.1, -0.05) is 25.1 Å². The van der Waals surface area contributed by atoms with Crippen LogP contribution in [0, 0.1) is 0 Å². The fourth-order valence-electron chi connectivity index (χ4n) is 1.61. The van der Waals surface area contributed by atoms with E-state index in [9.17, 15) is 13.2 Å². The highest BCUT2D eigenvalue weighted by molar-refractivity contribution is 7.92. The fraction of sp³-hybridized carbons (Fsp3) is 0.500. The van der Waals surface area contributed by atoms with Crippen LogP contribution < -0.4 is 14.9 Å². The molecule has 21 heavy (non-hydrogen) atoms. The molecule has 1 aromatic rings. The van der Waals surface area contributed by atoms with E-state index in [4.69, 9.17) is 0 Å². The van der Waals surface area contributed by atoms with Crippen LogP contribution in [0.3, 0.4) is 0 Å². The van der Waals surface area contributed by atoms with E-state index in [2.05, 4.69) is 10.6 Å². The number of rotatable bonds is 7. The summed E-state index contributed by atoms with van der Waals surface area (Å²) in [6, 6.07) is 8.54. The summed E-state index contributed by atoms with van der Waals surface area (Å²) < 4.78 is 25.5. The largest absolute Gasteiger partial charge is 0.337 e. The lowest BCUT2D eigenvalue weighted by atomic mass is 10.3. The quantitative estimate of drug-likeness (QED) is 0.801. The first-order valence-corrected chi connectivity index (χ1v) is 8.53. The van der Waals surface area contributed by atoms with Crippen LogP contribution in [0.15, 0.2) is 30.3 Å². The number of sulfonamides is 1. The van der Waals surface area contributed by atoms with Crippen molar-refractivity contribution in [1.29, 1.82) is 0 Å². The van der Waals surface area contributed by atoms with E-state index in [1.165, 1.54) is 11.4 Å². The molecule has 2 N–H and O–H groups in total. The van der Waals surface area contributed by atoms with Gasteiger partial charge in [0.15, 0.2) is 0 Å². The minimum Gasteiger partial charge on any atom is -0.337 e. The van der Waals surface area contributed by atoms with Crippen LogP contribution >= 0.6 is 0 Å². The van der Waals surface area contributed by atoms with Crippen LogP contribution in [-0.2, 0) is 10.0 Å². The van der Waals surface area contributed by atoms with Gasteiger partial charge in [-0.25, -0.2) is 13.2 Å². The van der Waals surface area contributed by atoms with Gasteiger partial charge in [0.1, 0.15) is 0 Å². The first kappa shape index (κ1) is 17.3. The molecule has 1 rings (SSSR count). The maximum atomic E-state index is 12.1. The molecule has 0 aromatic heterocycles. The van der Waals surface area contributed by atoms with Crippen molar-refractivity contribution in [1.82, 2.24) is 10.6 Å². The Balaban J connectivity index is 2.48. The average molecular weight is 313 g/mol. The Bertz CT molecular complexity index is 546. The Kier molecular flexibility index (Phi) is 6.48. The molecular weight excluding hydrogens is 290 g/mol. The summed E-state index contributed by atoms with van der Waals surface area (Å²) in [4.78, 5) is 11.5. The zero-order chi connectivity index (χ0) is 15.9. The second-order valence-corrected chi connectivity index (χ2v) is 6.95. The number of hydrogen-bond donors (Lipinski definition) is 2. The number of benzene rings is 1. The van der Waals surface area contributed by atoms with Crippen LogP contribution in [0.5, 0.6) is 0 Å².